The molecule has 0 atom stereocenters. The maximum Gasteiger partial charge on any atom is 0.305 e. The smallest absolute Gasteiger partial charge is 0.305 e. The second kappa shape index (κ2) is 7.86. The molecule has 0 bridgehead atoms. The molecular weight excluding hydrogens is 354 g/mol. The third-order valence-corrected chi connectivity index (χ3v) is 5.59. The molecule has 9 heteroatoms. The van der Waals surface area contributed by atoms with E-state index in [0.717, 1.165) is 35.5 Å². The lowest BCUT2D eigenvalue weighted by atomic mass is 10.2. The van der Waals surface area contributed by atoms with Crippen molar-refractivity contribution in [2.24, 2.45) is 0 Å². The second-order valence-corrected chi connectivity index (χ2v) is 7.33. The second-order valence-electron chi connectivity index (χ2n) is 6.22. The van der Waals surface area contributed by atoms with Gasteiger partial charge in [0.25, 0.3) is 0 Å². The van der Waals surface area contributed by atoms with Gasteiger partial charge in [0, 0.05) is 44.5 Å². The van der Waals surface area contributed by atoms with Gasteiger partial charge >= 0.3 is 5.97 Å². The molecule has 3 rings (SSSR count). The summed E-state index contributed by atoms with van der Waals surface area (Å²) in [6.45, 7) is 6.77. The molecular formula is C17H23N5O3S. The lowest BCUT2D eigenvalue weighted by Crippen LogP contribution is -2.48. The Morgan fingerprint density at radius 1 is 1.27 bits per heavy atom. The molecule has 1 saturated heterocycles. The molecule has 1 fully saturated rings. The summed E-state index contributed by atoms with van der Waals surface area (Å²) < 4.78 is 0. The van der Waals surface area contributed by atoms with Crippen molar-refractivity contribution in [2.45, 2.75) is 26.7 Å². The summed E-state index contributed by atoms with van der Waals surface area (Å²) in [6.07, 6.45) is 0.943. The number of fused-ring (bicyclic) bond motifs is 1. The number of aromatic nitrogens is 2. The molecule has 0 spiro atoms. The van der Waals surface area contributed by atoms with Crippen LogP contribution in [-0.4, -0.2) is 64.6 Å². The third-order valence-electron chi connectivity index (χ3n) is 4.42. The highest BCUT2D eigenvalue weighted by molar-refractivity contribution is 7.18. The van der Waals surface area contributed by atoms with Crippen LogP contribution in [0.3, 0.4) is 0 Å². The molecule has 0 aromatic carbocycles. The number of anilines is 2. The van der Waals surface area contributed by atoms with Gasteiger partial charge in [0.2, 0.25) is 11.9 Å². The van der Waals surface area contributed by atoms with E-state index in [1.165, 1.54) is 4.88 Å². The fraction of sp³-hybridized carbons (Fsp3) is 0.529. The zero-order chi connectivity index (χ0) is 18.7. The zero-order valence-electron chi connectivity index (χ0n) is 15.0. The van der Waals surface area contributed by atoms with Crippen LogP contribution in [0.4, 0.5) is 11.8 Å². The van der Waals surface area contributed by atoms with Gasteiger partial charge in [-0.05, 0) is 12.5 Å². The number of carboxylic acids is 1. The maximum atomic E-state index is 11.5. The molecule has 0 saturated carbocycles. The minimum Gasteiger partial charge on any atom is -0.481 e. The van der Waals surface area contributed by atoms with Crippen LogP contribution in [0.5, 0.6) is 0 Å². The first-order chi connectivity index (χ1) is 12.5. The summed E-state index contributed by atoms with van der Waals surface area (Å²) in [5.41, 5.74) is 0. The fourth-order valence-corrected chi connectivity index (χ4v) is 3.93. The number of amides is 1. The van der Waals surface area contributed by atoms with E-state index in [-0.39, 0.29) is 18.9 Å². The predicted molar refractivity (Wildman–Crippen MR) is 102 cm³/mol. The van der Waals surface area contributed by atoms with E-state index in [9.17, 15) is 9.59 Å². The number of aliphatic carboxylic acids is 1. The van der Waals surface area contributed by atoms with E-state index in [1.807, 2.05) is 4.90 Å². The van der Waals surface area contributed by atoms with Gasteiger partial charge in [-0.2, -0.15) is 4.98 Å². The quantitative estimate of drug-likeness (QED) is 0.792. The minimum atomic E-state index is -0.858. The first-order valence-corrected chi connectivity index (χ1v) is 9.56. The zero-order valence-corrected chi connectivity index (χ0v) is 15.8. The van der Waals surface area contributed by atoms with E-state index < -0.39 is 5.97 Å². The molecule has 2 aromatic rings. The van der Waals surface area contributed by atoms with E-state index in [1.54, 1.807) is 18.3 Å². The van der Waals surface area contributed by atoms with Crippen LogP contribution in [0, 0.1) is 0 Å². The number of thiophene rings is 1. The van der Waals surface area contributed by atoms with Gasteiger partial charge in [-0.25, -0.2) is 4.98 Å². The Hall–Kier alpha value is -2.42. The molecule has 2 N–H and O–H groups in total. The van der Waals surface area contributed by atoms with Gasteiger partial charge in [-0.1, -0.05) is 6.92 Å². The van der Waals surface area contributed by atoms with Crippen LogP contribution >= 0.6 is 11.3 Å². The molecule has 2 aromatic heterocycles. The SMILES string of the molecule is CCc1cc2c(N3CCN(C(C)=O)CC3)nc(NCCC(=O)O)nc2s1. The van der Waals surface area contributed by atoms with Gasteiger partial charge in [0.05, 0.1) is 11.8 Å². The van der Waals surface area contributed by atoms with Crippen molar-refractivity contribution in [2.75, 3.05) is 42.9 Å². The lowest BCUT2D eigenvalue weighted by Gasteiger charge is -2.35. The molecule has 0 radical (unpaired) electrons. The Morgan fingerprint density at radius 3 is 2.62 bits per heavy atom. The van der Waals surface area contributed by atoms with Gasteiger partial charge in [0.1, 0.15) is 10.6 Å². The van der Waals surface area contributed by atoms with Crippen molar-refractivity contribution in [1.29, 1.82) is 0 Å². The molecule has 26 heavy (non-hydrogen) atoms. The molecule has 1 aliphatic rings. The number of carboxylic acid groups (broad SMARTS) is 1. The third kappa shape index (κ3) is 4.04. The normalized spacial score (nSPS) is 14.7. The van der Waals surface area contributed by atoms with Crippen LogP contribution in [0.25, 0.3) is 10.2 Å². The average Bonchev–Trinajstić information content (AvgIpc) is 3.04. The van der Waals surface area contributed by atoms with Crippen LogP contribution in [0.1, 0.15) is 25.1 Å². The largest absolute Gasteiger partial charge is 0.481 e. The highest BCUT2D eigenvalue weighted by atomic mass is 32.1. The van der Waals surface area contributed by atoms with Crippen molar-refractivity contribution in [3.63, 3.8) is 0 Å². The Morgan fingerprint density at radius 2 is 2.00 bits per heavy atom. The number of hydrogen-bond acceptors (Lipinski definition) is 7. The maximum absolute atomic E-state index is 11.5. The summed E-state index contributed by atoms with van der Waals surface area (Å²) in [4.78, 5) is 37.6. The fourth-order valence-electron chi connectivity index (χ4n) is 2.97. The topological polar surface area (TPSA) is 98.7 Å². The molecule has 0 unspecified atom stereocenters. The van der Waals surface area contributed by atoms with Gasteiger partial charge in [-0.15, -0.1) is 11.3 Å². The average molecular weight is 377 g/mol. The van der Waals surface area contributed by atoms with Gasteiger partial charge in [-0.3, -0.25) is 9.59 Å². The van der Waals surface area contributed by atoms with Crippen LogP contribution in [0.15, 0.2) is 6.07 Å². The van der Waals surface area contributed by atoms with Crippen LogP contribution in [0.2, 0.25) is 0 Å². The van der Waals surface area contributed by atoms with Crippen LogP contribution < -0.4 is 10.2 Å². The lowest BCUT2D eigenvalue weighted by molar-refractivity contribution is -0.136. The summed E-state index contributed by atoms with van der Waals surface area (Å²) in [5.74, 6) is 0.542. The molecule has 0 aliphatic carbocycles. The van der Waals surface area contributed by atoms with Crippen LogP contribution in [-0.2, 0) is 16.0 Å². The van der Waals surface area contributed by atoms with E-state index >= 15 is 0 Å². The minimum absolute atomic E-state index is 0.0126. The molecule has 1 amide bonds. The van der Waals surface area contributed by atoms with Crippen molar-refractivity contribution in [3.8, 4) is 0 Å². The molecule has 140 valence electrons. The number of nitrogens with one attached hydrogen (secondary N) is 1. The Bertz CT molecular complexity index is 814. The van der Waals surface area contributed by atoms with Crippen molar-refractivity contribution in [1.82, 2.24) is 14.9 Å². The molecule has 3 heterocycles. The Kier molecular flexibility index (Phi) is 5.55. The number of piperazine rings is 1. The summed E-state index contributed by atoms with van der Waals surface area (Å²) in [5, 5.41) is 12.8. The predicted octanol–water partition coefficient (Wildman–Crippen LogP) is 1.81. The van der Waals surface area contributed by atoms with Crippen molar-refractivity contribution >= 4 is 45.2 Å². The molecule has 8 nitrogen and oxygen atoms in total. The van der Waals surface area contributed by atoms with E-state index in [4.69, 9.17) is 5.11 Å². The monoisotopic (exact) mass is 377 g/mol. The number of hydrogen-bond donors (Lipinski definition) is 2. The first kappa shape index (κ1) is 18.4. The number of aryl methyl sites for hydroxylation is 1. The highest BCUT2D eigenvalue weighted by Crippen LogP contribution is 2.32. The van der Waals surface area contributed by atoms with Crippen molar-refractivity contribution in [3.05, 3.63) is 10.9 Å². The standard InChI is InChI=1S/C17H23N5O3S/c1-3-12-10-13-15(22-8-6-21(7-9-22)11(2)23)19-17(20-16(13)26-12)18-5-4-14(24)25/h10H,3-9H2,1-2H3,(H,24,25)(H,18,19,20). The Balaban J connectivity index is 1.87. The summed E-state index contributed by atoms with van der Waals surface area (Å²) in [7, 11) is 0. The summed E-state index contributed by atoms with van der Waals surface area (Å²) >= 11 is 1.64. The number of carbonyl (C=O) groups is 2. The van der Waals surface area contributed by atoms with Gasteiger partial charge in [0.15, 0.2) is 0 Å². The number of rotatable bonds is 6. The number of carbonyl (C=O) groups excluding carboxylic acids is 1. The Labute approximate surface area is 155 Å². The van der Waals surface area contributed by atoms with Gasteiger partial charge < -0.3 is 20.2 Å². The summed E-state index contributed by atoms with van der Waals surface area (Å²) in [6, 6.07) is 2.13. The number of nitrogens with zero attached hydrogens (tertiary/aromatic N) is 4. The first-order valence-electron chi connectivity index (χ1n) is 8.74. The van der Waals surface area contributed by atoms with E-state index in [2.05, 4.69) is 33.2 Å². The van der Waals surface area contributed by atoms with E-state index in [0.29, 0.717) is 19.0 Å². The molecule has 1 aliphatic heterocycles. The highest BCUT2D eigenvalue weighted by Gasteiger charge is 2.23. The van der Waals surface area contributed by atoms with Crippen molar-refractivity contribution < 1.29 is 14.7 Å².